The average molecular weight is 358 g/mol. The number of hydrogen-bond acceptors (Lipinski definition) is 3. The quantitative estimate of drug-likeness (QED) is 0.846. The van der Waals surface area contributed by atoms with Crippen molar-refractivity contribution in [2.75, 3.05) is 13.1 Å². The van der Waals surface area contributed by atoms with Crippen LogP contribution in [-0.4, -0.2) is 46.9 Å². The molecule has 140 valence electrons. The van der Waals surface area contributed by atoms with E-state index < -0.39 is 11.4 Å². The van der Waals surface area contributed by atoms with Crippen LogP contribution in [0.25, 0.3) is 0 Å². The molecule has 0 bridgehead atoms. The van der Waals surface area contributed by atoms with Gasteiger partial charge in [-0.15, -0.1) is 0 Å². The minimum atomic E-state index is -0.850. The van der Waals surface area contributed by atoms with Gasteiger partial charge in [0.25, 0.3) is 5.91 Å². The lowest BCUT2D eigenvalue weighted by Crippen LogP contribution is -2.49. The Morgan fingerprint density at radius 3 is 2.38 bits per heavy atom. The number of carboxylic acid groups (broad SMARTS) is 1. The summed E-state index contributed by atoms with van der Waals surface area (Å²) in [6, 6.07) is 7.52. The predicted octanol–water partition coefficient (Wildman–Crippen LogP) is 2.36. The molecule has 1 aliphatic heterocycles. The molecule has 1 saturated carbocycles. The highest BCUT2D eigenvalue weighted by molar-refractivity contribution is 5.95. The fourth-order valence-corrected chi connectivity index (χ4v) is 3.84. The largest absolute Gasteiger partial charge is 0.481 e. The van der Waals surface area contributed by atoms with Gasteiger partial charge < -0.3 is 15.3 Å². The third-order valence-electron chi connectivity index (χ3n) is 5.83. The fraction of sp³-hybridized carbons (Fsp3) is 0.550. The van der Waals surface area contributed by atoms with E-state index in [0.29, 0.717) is 44.3 Å². The lowest BCUT2D eigenvalue weighted by Gasteiger charge is -2.40. The Kier molecular flexibility index (Phi) is 5.30. The molecule has 2 N–H and O–H groups in total. The average Bonchev–Trinajstić information content (AvgIpc) is 2.58. The van der Waals surface area contributed by atoms with Gasteiger partial charge in [0.1, 0.15) is 0 Å². The number of carbonyl (C=O) groups is 3. The molecule has 2 aliphatic rings. The van der Waals surface area contributed by atoms with Crippen molar-refractivity contribution in [3.8, 4) is 0 Å². The highest BCUT2D eigenvalue weighted by Gasteiger charge is 2.46. The van der Waals surface area contributed by atoms with Crippen molar-refractivity contribution in [3.05, 3.63) is 35.4 Å². The van der Waals surface area contributed by atoms with Crippen LogP contribution < -0.4 is 5.32 Å². The molecule has 0 spiro atoms. The Hall–Kier alpha value is -2.37. The summed E-state index contributed by atoms with van der Waals surface area (Å²) in [7, 11) is 0. The molecular formula is C20H26N2O4. The van der Waals surface area contributed by atoms with E-state index >= 15 is 0 Å². The second-order valence-corrected chi connectivity index (χ2v) is 7.56. The van der Waals surface area contributed by atoms with Crippen LogP contribution in [0, 0.1) is 12.3 Å². The third kappa shape index (κ3) is 3.74. The SMILES string of the molecule is Cc1ccccc1C(=O)NC1CCN(C(=O)CC2(C(=O)O)CCC2)CC1. The van der Waals surface area contributed by atoms with Gasteiger partial charge in [0.2, 0.25) is 5.91 Å². The number of amides is 2. The minimum Gasteiger partial charge on any atom is -0.481 e. The second-order valence-electron chi connectivity index (χ2n) is 7.56. The molecule has 3 rings (SSSR count). The van der Waals surface area contributed by atoms with Crippen LogP contribution in [0.4, 0.5) is 0 Å². The zero-order valence-corrected chi connectivity index (χ0v) is 15.2. The molecule has 1 aromatic rings. The number of carbonyl (C=O) groups excluding carboxylic acids is 2. The number of hydrogen-bond donors (Lipinski definition) is 2. The molecule has 2 fully saturated rings. The van der Waals surface area contributed by atoms with Gasteiger partial charge in [-0.05, 0) is 44.2 Å². The smallest absolute Gasteiger partial charge is 0.310 e. The molecule has 0 radical (unpaired) electrons. The topological polar surface area (TPSA) is 86.7 Å². The van der Waals surface area contributed by atoms with Gasteiger partial charge in [0, 0.05) is 31.1 Å². The van der Waals surface area contributed by atoms with E-state index in [1.54, 1.807) is 4.90 Å². The summed E-state index contributed by atoms with van der Waals surface area (Å²) in [5.74, 6) is -1.000. The molecule has 0 aromatic heterocycles. The van der Waals surface area contributed by atoms with Crippen LogP contribution in [0.2, 0.25) is 0 Å². The standard InChI is InChI=1S/C20H26N2O4/c1-14-5-2-3-6-16(14)18(24)21-15-7-11-22(12-8-15)17(23)13-20(19(25)26)9-4-10-20/h2-3,5-6,15H,4,7-13H2,1H3,(H,21,24)(H,25,26). The molecule has 6 nitrogen and oxygen atoms in total. The first-order chi connectivity index (χ1) is 12.4. The van der Waals surface area contributed by atoms with E-state index in [1.807, 2.05) is 31.2 Å². The fourth-order valence-electron chi connectivity index (χ4n) is 3.84. The Balaban J connectivity index is 1.50. The Labute approximate surface area is 153 Å². The van der Waals surface area contributed by atoms with E-state index in [0.717, 1.165) is 12.0 Å². The van der Waals surface area contributed by atoms with E-state index in [9.17, 15) is 19.5 Å². The summed E-state index contributed by atoms with van der Waals surface area (Å²) in [5, 5.41) is 12.4. The number of nitrogens with zero attached hydrogens (tertiary/aromatic N) is 1. The van der Waals surface area contributed by atoms with Gasteiger partial charge in [0.15, 0.2) is 0 Å². The number of piperidine rings is 1. The van der Waals surface area contributed by atoms with Gasteiger partial charge in [-0.3, -0.25) is 14.4 Å². The number of likely N-dealkylation sites (tertiary alicyclic amines) is 1. The number of carboxylic acids is 1. The Morgan fingerprint density at radius 1 is 1.19 bits per heavy atom. The van der Waals surface area contributed by atoms with Crippen molar-refractivity contribution in [1.29, 1.82) is 0 Å². The van der Waals surface area contributed by atoms with Crippen LogP contribution in [0.1, 0.15) is 54.4 Å². The van der Waals surface area contributed by atoms with E-state index in [2.05, 4.69) is 5.32 Å². The zero-order valence-electron chi connectivity index (χ0n) is 15.2. The Morgan fingerprint density at radius 2 is 1.85 bits per heavy atom. The summed E-state index contributed by atoms with van der Waals surface area (Å²) in [6.07, 6.45) is 3.57. The molecular weight excluding hydrogens is 332 g/mol. The predicted molar refractivity (Wildman–Crippen MR) is 96.8 cm³/mol. The van der Waals surface area contributed by atoms with Crippen molar-refractivity contribution in [2.24, 2.45) is 5.41 Å². The summed E-state index contributed by atoms with van der Waals surface area (Å²) >= 11 is 0. The molecule has 1 aliphatic carbocycles. The van der Waals surface area contributed by atoms with Gasteiger partial charge in [0.05, 0.1) is 5.41 Å². The molecule has 1 heterocycles. The first-order valence-electron chi connectivity index (χ1n) is 9.29. The summed E-state index contributed by atoms with van der Waals surface area (Å²) in [4.78, 5) is 38.1. The van der Waals surface area contributed by atoms with Crippen molar-refractivity contribution < 1.29 is 19.5 Å². The molecule has 6 heteroatoms. The van der Waals surface area contributed by atoms with E-state index in [1.165, 1.54) is 0 Å². The Bertz CT molecular complexity index is 704. The van der Waals surface area contributed by atoms with Gasteiger partial charge >= 0.3 is 5.97 Å². The van der Waals surface area contributed by atoms with Crippen LogP contribution in [0.3, 0.4) is 0 Å². The number of rotatable bonds is 5. The molecule has 1 aromatic carbocycles. The summed E-state index contributed by atoms with van der Waals surface area (Å²) in [6.45, 7) is 3.04. The number of aryl methyl sites for hydroxylation is 1. The molecule has 26 heavy (non-hydrogen) atoms. The first-order valence-corrected chi connectivity index (χ1v) is 9.29. The molecule has 1 saturated heterocycles. The third-order valence-corrected chi connectivity index (χ3v) is 5.83. The monoisotopic (exact) mass is 358 g/mol. The summed E-state index contributed by atoms with van der Waals surface area (Å²) < 4.78 is 0. The zero-order chi connectivity index (χ0) is 18.7. The van der Waals surface area contributed by atoms with E-state index in [4.69, 9.17) is 0 Å². The highest BCUT2D eigenvalue weighted by atomic mass is 16.4. The molecule has 0 atom stereocenters. The highest BCUT2D eigenvalue weighted by Crippen LogP contribution is 2.44. The number of aliphatic carboxylic acids is 1. The maximum Gasteiger partial charge on any atom is 0.310 e. The van der Waals surface area contributed by atoms with E-state index in [-0.39, 0.29) is 24.3 Å². The number of benzene rings is 1. The normalized spacial score (nSPS) is 19.5. The maximum absolute atomic E-state index is 12.5. The summed E-state index contributed by atoms with van der Waals surface area (Å²) in [5.41, 5.74) is 0.781. The van der Waals surface area contributed by atoms with Crippen molar-refractivity contribution in [1.82, 2.24) is 10.2 Å². The van der Waals surface area contributed by atoms with Gasteiger partial charge in [-0.25, -0.2) is 0 Å². The van der Waals surface area contributed by atoms with Crippen LogP contribution in [0.15, 0.2) is 24.3 Å². The minimum absolute atomic E-state index is 0.0447. The van der Waals surface area contributed by atoms with Crippen LogP contribution in [0.5, 0.6) is 0 Å². The van der Waals surface area contributed by atoms with Crippen molar-refractivity contribution in [3.63, 3.8) is 0 Å². The molecule has 2 amide bonds. The lowest BCUT2D eigenvalue weighted by molar-refractivity contribution is -0.159. The van der Waals surface area contributed by atoms with Gasteiger partial charge in [-0.1, -0.05) is 24.6 Å². The second kappa shape index (κ2) is 7.48. The van der Waals surface area contributed by atoms with Crippen molar-refractivity contribution in [2.45, 2.75) is 51.5 Å². The van der Waals surface area contributed by atoms with Crippen LogP contribution >= 0.6 is 0 Å². The molecule has 0 unspecified atom stereocenters. The van der Waals surface area contributed by atoms with Crippen LogP contribution in [-0.2, 0) is 9.59 Å². The first kappa shape index (κ1) is 18.4. The lowest BCUT2D eigenvalue weighted by atomic mass is 9.66. The van der Waals surface area contributed by atoms with Crippen molar-refractivity contribution >= 4 is 17.8 Å². The maximum atomic E-state index is 12.5. The van der Waals surface area contributed by atoms with Gasteiger partial charge in [-0.2, -0.15) is 0 Å². The number of nitrogens with one attached hydrogen (secondary N) is 1.